The first-order chi connectivity index (χ1) is 12.5. The summed E-state index contributed by atoms with van der Waals surface area (Å²) < 4.78 is 7.06. The Labute approximate surface area is 169 Å². The zero-order valence-corrected chi connectivity index (χ0v) is 17.8. The lowest BCUT2D eigenvalue weighted by Crippen LogP contribution is -2.31. The Morgan fingerprint density at radius 1 is 1.38 bits per heavy atom. The molecular formula is C20H24BrN3OS. The molecule has 1 aromatic carbocycles. The molecule has 1 aliphatic carbocycles. The Bertz CT molecular complexity index is 812. The number of fused-ring (bicyclic) bond motifs is 1. The van der Waals surface area contributed by atoms with Crippen molar-refractivity contribution >= 4 is 38.9 Å². The standard InChI is InChI=1S/C20H24BrN3OS/c1-4-24(3)20(26)23-18-12-17(21)19(22-13(18)2)25-16-10-9-14-7-5-6-8-15(14)11-16/h5-8,12,16H,4,9-11H2,1-3H3,(H,23,26). The number of thiocarbonyl (C=S) groups is 1. The molecule has 0 saturated heterocycles. The molecule has 4 nitrogen and oxygen atoms in total. The van der Waals surface area contributed by atoms with E-state index in [0.29, 0.717) is 11.0 Å². The fraction of sp³-hybridized carbons (Fsp3) is 0.400. The van der Waals surface area contributed by atoms with Crippen molar-refractivity contribution < 1.29 is 4.74 Å². The maximum Gasteiger partial charge on any atom is 0.228 e. The van der Waals surface area contributed by atoms with Gasteiger partial charge in [-0.1, -0.05) is 24.3 Å². The fourth-order valence-corrected chi connectivity index (χ4v) is 3.70. The third-order valence-corrected chi connectivity index (χ3v) is 5.76. The molecular weight excluding hydrogens is 410 g/mol. The normalized spacial score (nSPS) is 15.9. The van der Waals surface area contributed by atoms with Gasteiger partial charge in [0.25, 0.3) is 0 Å². The van der Waals surface area contributed by atoms with Crippen LogP contribution in [0.1, 0.15) is 30.2 Å². The van der Waals surface area contributed by atoms with E-state index in [-0.39, 0.29) is 6.10 Å². The summed E-state index contributed by atoms with van der Waals surface area (Å²) >= 11 is 9.00. The summed E-state index contributed by atoms with van der Waals surface area (Å²) in [6.45, 7) is 4.88. The predicted molar refractivity (Wildman–Crippen MR) is 114 cm³/mol. The van der Waals surface area contributed by atoms with Gasteiger partial charge in [-0.3, -0.25) is 0 Å². The van der Waals surface area contributed by atoms with E-state index in [1.165, 1.54) is 11.1 Å². The Balaban J connectivity index is 1.72. The van der Waals surface area contributed by atoms with E-state index >= 15 is 0 Å². The minimum atomic E-state index is 0.152. The Morgan fingerprint density at radius 3 is 2.85 bits per heavy atom. The van der Waals surface area contributed by atoms with E-state index in [1.807, 2.05) is 24.9 Å². The van der Waals surface area contributed by atoms with Gasteiger partial charge in [-0.2, -0.15) is 0 Å². The number of rotatable bonds is 4. The molecule has 0 spiro atoms. The molecule has 138 valence electrons. The van der Waals surface area contributed by atoms with Crippen molar-refractivity contribution in [3.63, 3.8) is 0 Å². The smallest absolute Gasteiger partial charge is 0.228 e. The number of ether oxygens (including phenoxy) is 1. The fourth-order valence-electron chi connectivity index (χ4n) is 3.05. The van der Waals surface area contributed by atoms with Crippen LogP contribution < -0.4 is 10.1 Å². The average molecular weight is 434 g/mol. The third kappa shape index (κ3) is 4.35. The van der Waals surface area contributed by atoms with Crippen molar-refractivity contribution in [3.05, 3.63) is 51.6 Å². The lowest BCUT2D eigenvalue weighted by atomic mass is 9.90. The van der Waals surface area contributed by atoms with E-state index in [1.54, 1.807) is 0 Å². The minimum absolute atomic E-state index is 0.152. The van der Waals surface area contributed by atoms with E-state index in [4.69, 9.17) is 17.0 Å². The van der Waals surface area contributed by atoms with Crippen LogP contribution in [-0.4, -0.2) is 34.7 Å². The summed E-state index contributed by atoms with van der Waals surface area (Å²) in [6.07, 6.45) is 3.14. The maximum atomic E-state index is 6.22. The largest absolute Gasteiger partial charge is 0.473 e. The summed E-state index contributed by atoms with van der Waals surface area (Å²) in [6, 6.07) is 10.6. The number of nitrogens with one attached hydrogen (secondary N) is 1. The van der Waals surface area contributed by atoms with Crippen LogP contribution in [0.15, 0.2) is 34.8 Å². The summed E-state index contributed by atoms with van der Waals surface area (Å²) in [5.74, 6) is 0.646. The molecule has 0 bridgehead atoms. The number of pyridine rings is 1. The van der Waals surface area contributed by atoms with Crippen molar-refractivity contribution in [1.82, 2.24) is 9.88 Å². The highest BCUT2D eigenvalue weighted by atomic mass is 79.9. The van der Waals surface area contributed by atoms with Crippen molar-refractivity contribution in [2.24, 2.45) is 0 Å². The molecule has 6 heteroatoms. The Hall–Kier alpha value is -1.66. The molecule has 2 aromatic rings. The van der Waals surface area contributed by atoms with Gasteiger partial charge < -0.3 is 15.0 Å². The summed E-state index contributed by atoms with van der Waals surface area (Å²) in [5, 5.41) is 3.94. The minimum Gasteiger partial charge on any atom is -0.473 e. The molecule has 1 unspecified atom stereocenters. The highest BCUT2D eigenvalue weighted by Crippen LogP contribution is 2.31. The van der Waals surface area contributed by atoms with Crippen LogP contribution in [0.25, 0.3) is 0 Å². The molecule has 1 aromatic heterocycles. The van der Waals surface area contributed by atoms with E-state index < -0.39 is 0 Å². The Morgan fingerprint density at radius 2 is 2.12 bits per heavy atom. The Kier molecular flexibility index (Phi) is 6.14. The van der Waals surface area contributed by atoms with Crippen molar-refractivity contribution in [1.29, 1.82) is 0 Å². The number of halogens is 1. The lowest BCUT2D eigenvalue weighted by Gasteiger charge is -2.26. The number of benzene rings is 1. The zero-order chi connectivity index (χ0) is 18.7. The average Bonchev–Trinajstić information content (AvgIpc) is 2.64. The van der Waals surface area contributed by atoms with E-state index in [9.17, 15) is 0 Å². The summed E-state index contributed by atoms with van der Waals surface area (Å²) in [4.78, 5) is 6.63. The van der Waals surface area contributed by atoms with Crippen molar-refractivity contribution in [2.45, 2.75) is 39.2 Å². The number of hydrogen-bond donors (Lipinski definition) is 1. The highest BCUT2D eigenvalue weighted by Gasteiger charge is 2.21. The lowest BCUT2D eigenvalue weighted by molar-refractivity contribution is 0.175. The molecule has 1 aliphatic rings. The molecule has 0 fully saturated rings. The van der Waals surface area contributed by atoms with Gasteiger partial charge in [0.2, 0.25) is 5.88 Å². The number of nitrogens with zero attached hydrogens (tertiary/aromatic N) is 2. The SMILES string of the molecule is CCN(C)C(=S)Nc1cc(Br)c(OC2CCc3ccccc3C2)nc1C. The number of anilines is 1. The molecule has 0 saturated carbocycles. The van der Waals surface area contributed by atoms with Crippen LogP contribution in [0.2, 0.25) is 0 Å². The molecule has 1 N–H and O–H groups in total. The van der Waals surface area contributed by atoms with Crippen molar-refractivity contribution in [3.8, 4) is 5.88 Å². The van der Waals surface area contributed by atoms with Gasteiger partial charge in [-0.15, -0.1) is 0 Å². The summed E-state index contributed by atoms with van der Waals surface area (Å²) in [5.41, 5.74) is 4.57. The molecule has 0 amide bonds. The van der Waals surface area contributed by atoms with Gasteiger partial charge in [0.05, 0.1) is 15.9 Å². The third-order valence-electron chi connectivity index (χ3n) is 4.78. The maximum absolute atomic E-state index is 6.22. The molecule has 0 radical (unpaired) electrons. The van der Waals surface area contributed by atoms with E-state index in [2.05, 4.69) is 57.4 Å². The van der Waals surface area contributed by atoms with Gasteiger partial charge in [0, 0.05) is 20.0 Å². The number of aryl methyl sites for hydroxylation is 2. The molecule has 1 heterocycles. The topological polar surface area (TPSA) is 37.4 Å². The summed E-state index contributed by atoms with van der Waals surface area (Å²) in [7, 11) is 1.96. The van der Waals surface area contributed by atoms with E-state index in [0.717, 1.165) is 41.7 Å². The molecule has 1 atom stereocenters. The van der Waals surface area contributed by atoms with Crippen LogP contribution in [0.5, 0.6) is 5.88 Å². The van der Waals surface area contributed by atoms with Gasteiger partial charge >= 0.3 is 0 Å². The first kappa shape index (κ1) is 19.1. The molecule has 0 aliphatic heterocycles. The quantitative estimate of drug-likeness (QED) is 0.704. The number of hydrogen-bond acceptors (Lipinski definition) is 3. The second-order valence-electron chi connectivity index (χ2n) is 6.60. The van der Waals surface area contributed by atoms with Gasteiger partial charge in [-0.25, -0.2) is 4.98 Å². The van der Waals surface area contributed by atoms with Crippen LogP contribution >= 0.6 is 28.1 Å². The predicted octanol–water partition coefficient (Wildman–Crippen LogP) is 4.74. The van der Waals surface area contributed by atoms with Crippen molar-refractivity contribution in [2.75, 3.05) is 18.9 Å². The first-order valence-electron chi connectivity index (χ1n) is 8.90. The second kappa shape index (κ2) is 8.35. The first-order valence-corrected chi connectivity index (χ1v) is 10.1. The molecule has 26 heavy (non-hydrogen) atoms. The van der Waals surface area contributed by atoms with Crippen LogP contribution in [0.3, 0.4) is 0 Å². The molecule has 3 rings (SSSR count). The monoisotopic (exact) mass is 433 g/mol. The highest BCUT2D eigenvalue weighted by molar-refractivity contribution is 9.10. The second-order valence-corrected chi connectivity index (χ2v) is 7.85. The van der Waals surface area contributed by atoms with Crippen LogP contribution in [0, 0.1) is 6.92 Å². The van der Waals surface area contributed by atoms with Gasteiger partial charge in [-0.05, 0) is 72.0 Å². The van der Waals surface area contributed by atoms with Gasteiger partial charge in [0.1, 0.15) is 6.10 Å². The van der Waals surface area contributed by atoms with Crippen LogP contribution in [0.4, 0.5) is 5.69 Å². The zero-order valence-electron chi connectivity index (χ0n) is 15.4. The van der Waals surface area contributed by atoms with Gasteiger partial charge in [0.15, 0.2) is 5.11 Å². The number of aromatic nitrogens is 1. The van der Waals surface area contributed by atoms with Crippen LogP contribution in [-0.2, 0) is 12.8 Å².